The molecule has 1 aliphatic carbocycles. The van der Waals surface area contributed by atoms with Crippen LogP contribution in [0.4, 0.5) is 5.69 Å². The molecular formula is C16H22N2O2. The molecule has 1 aromatic carbocycles. The first kappa shape index (κ1) is 13.6. The number of hydrogen-bond donors (Lipinski definition) is 2. The highest BCUT2D eigenvalue weighted by atomic mass is 16.5. The number of carbonyl (C=O) groups excluding carboxylic acids is 1. The molecule has 2 aliphatic rings. The molecule has 0 atom stereocenters. The van der Waals surface area contributed by atoms with Gasteiger partial charge in [0.15, 0.2) is 0 Å². The summed E-state index contributed by atoms with van der Waals surface area (Å²) in [5.74, 6) is -0.0542. The number of piperidine rings is 1. The van der Waals surface area contributed by atoms with E-state index in [1.54, 1.807) is 0 Å². The Morgan fingerprint density at radius 1 is 1.25 bits per heavy atom. The number of anilines is 1. The SMILES string of the molecule is O=C(COC1CCNCC1)Nc1ccc2c(c1)CCC2. The minimum Gasteiger partial charge on any atom is -0.368 e. The lowest BCUT2D eigenvalue weighted by Crippen LogP contribution is -2.34. The highest BCUT2D eigenvalue weighted by molar-refractivity contribution is 5.91. The van der Waals surface area contributed by atoms with Crippen LogP contribution in [0.2, 0.25) is 0 Å². The summed E-state index contributed by atoms with van der Waals surface area (Å²) in [5, 5.41) is 6.22. The van der Waals surface area contributed by atoms with Gasteiger partial charge in [-0.15, -0.1) is 0 Å². The lowest BCUT2D eigenvalue weighted by atomic mass is 10.1. The molecule has 1 aromatic rings. The fourth-order valence-electron chi connectivity index (χ4n) is 3.00. The molecule has 2 N–H and O–H groups in total. The summed E-state index contributed by atoms with van der Waals surface area (Å²) in [6.45, 7) is 2.12. The maximum absolute atomic E-state index is 11.9. The van der Waals surface area contributed by atoms with Gasteiger partial charge in [-0.25, -0.2) is 0 Å². The van der Waals surface area contributed by atoms with Crippen molar-refractivity contribution in [3.05, 3.63) is 29.3 Å². The largest absolute Gasteiger partial charge is 0.368 e. The molecule has 0 bridgehead atoms. The molecule has 1 fully saturated rings. The van der Waals surface area contributed by atoms with Gasteiger partial charge in [0.2, 0.25) is 5.91 Å². The third-order valence-corrected chi connectivity index (χ3v) is 4.12. The number of nitrogens with one attached hydrogen (secondary N) is 2. The Morgan fingerprint density at radius 3 is 2.90 bits per heavy atom. The van der Waals surface area contributed by atoms with E-state index in [2.05, 4.69) is 22.8 Å². The molecule has 1 saturated heterocycles. The van der Waals surface area contributed by atoms with Gasteiger partial charge in [0.1, 0.15) is 6.61 Å². The van der Waals surface area contributed by atoms with E-state index in [4.69, 9.17) is 4.74 Å². The van der Waals surface area contributed by atoms with Crippen molar-refractivity contribution in [2.24, 2.45) is 0 Å². The molecule has 20 heavy (non-hydrogen) atoms. The van der Waals surface area contributed by atoms with Crippen molar-refractivity contribution >= 4 is 11.6 Å². The zero-order valence-corrected chi connectivity index (χ0v) is 11.8. The Bertz CT molecular complexity index is 481. The fourth-order valence-corrected chi connectivity index (χ4v) is 3.00. The van der Waals surface area contributed by atoms with Crippen LogP contribution in [-0.4, -0.2) is 31.7 Å². The molecule has 4 heteroatoms. The average molecular weight is 274 g/mol. The van der Waals surface area contributed by atoms with Crippen molar-refractivity contribution in [1.29, 1.82) is 0 Å². The zero-order chi connectivity index (χ0) is 13.8. The number of rotatable bonds is 4. The lowest BCUT2D eigenvalue weighted by Gasteiger charge is -2.22. The second-order valence-electron chi connectivity index (χ2n) is 5.65. The van der Waals surface area contributed by atoms with Crippen LogP contribution >= 0.6 is 0 Å². The first-order valence-corrected chi connectivity index (χ1v) is 7.55. The summed E-state index contributed by atoms with van der Waals surface area (Å²) in [5.41, 5.74) is 3.69. The monoisotopic (exact) mass is 274 g/mol. The van der Waals surface area contributed by atoms with E-state index in [0.29, 0.717) is 0 Å². The van der Waals surface area contributed by atoms with Crippen LogP contribution < -0.4 is 10.6 Å². The maximum Gasteiger partial charge on any atom is 0.250 e. The van der Waals surface area contributed by atoms with E-state index in [9.17, 15) is 4.79 Å². The molecule has 1 heterocycles. The predicted molar refractivity (Wildman–Crippen MR) is 78.9 cm³/mol. The summed E-state index contributed by atoms with van der Waals surface area (Å²) >= 11 is 0. The third-order valence-electron chi connectivity index (χ3n) is 4.12. The van der Waals surface area contributed by atoms with Crippen LogP contribution in [0.1, 0.15) is 30.4 Å². The van der Waals surface area contributed by atoms with Crippen LogP contribution in [0.25, 0.3) is 0 Å². The highest BCUT2D eigenvalue weighted by Crippen LogP contribution is 2.24. The number of aryl methyl sites for hydroxylation is 2. The third kappa shape index (κ3) is 3.38. The van der Waals surface area contributed by atoms with Gasteiger partial charge in [0, 0.05) is 5.69 Å². The average Bonchev–Trinajstić information content (AvgIpc) is 2.94. The van der Waals surface area contributed by atoms with Gasteiger partial charge >= 0.3 is 0 Å². The van der Waals surface area contributed by atoms with Gasteiger partial charge in [-0.3, -0.25) is 4.79 Å². The standard InChI is InChI=1S/C16H22N2O2/c19-16(11-20-15-6-8-17-9-7-15)18-14-5-4-12-2-1-3-13(12)10-14/h4-5,10,15,17H,1-3,6-9,11H2,(H,18,19). The summed E-state index contributed by atoms with van der Waals surface area (Å²) in [6.07, 6.45) is 5.73. The van der Waals surface area contributed by atoms with Crippen molar-refractivity contribution in [3.8, 4) is 0 Å². The van der Waals surface area contributed by atoms with E-state index in [1.807, 2.05) is 6.07 Å². The normalized spacial score (nSPS) is 18.8. The summed E-state index contributed by atoms with van der Waals surface area (Å²) < 4.78 is 5.66. The Labute approximate surface area is 119 Å². The fraction of sp³-hybridized carbons (Fsp3) is 0.562. The molecule has 0 radical (unpaired) electrons. The van der Waals surface area contributed by atoms with Crippen LogP contribution in [-0.2, 0) is 22.4 Å². The Morgan fingerprint density at radius 2 is 2.05 bits per heavy atom. The molecule has 108 valence electrons. The highest BCUT2D eigenvalue weighted by Gasteiger charge is 2.15. The quantitative estimate of drug-likeness (QED) is 0.881. The summed E-state index contributed by atoms with van der Waals surface area (Å²) in [4.78, 5) is 11.9. The van der Waals surface area contributed by atoms with Crippen LogP contribution in [0.15, 0.2) is 18.2 Å². The maximum atomic E-state index is 11.9. The minimum absolute atomic E-state index is 0.0542. The molecular weight excluding hydrogens is 252 g/mol. The van der Waals surface area contributed by atoms with E-state index < -0.39 is 0 Å². The number of carbonyl (C=O) groups is 1. The van der Waals surface area contributed by atoms with Crippen molar-refractivity contribution < 1.29 is 9.53 Å². The minimum atomic E-state index is -0.0542. The van der Waals surface area contributed by atoms with Crippen LogP contribution in [0.3, 0.4) is 0 Å². The summed E-state index contributed by atoms with van der Waals surface area (Å²) in [7, 11) is 0. The molecule has 3 rings (SSSR count). The first-order chi connectivity index (χ1) is 9.81. The Balaban J connectivity index is 1.48. The van der Waals surface area contributed by atoms with Gasteiger partial charge in [-0.1, -0.05) is 6.07 Å². The molecule has 1 amide bonds. The van der Waals surface area contributed by atoms with Crippen molar-refractivity contribution in [3.63, 3.8) is 0 Å². The van der Waals surface area contributed by atoms with E-state index in [1.165, 1.54) is 24.0 Å². The first-order valence-electron chi connectivity index (χ1n) is 7.55. The van der Waals surface area contributed by atoms with Gasteiger partial charge in [0.25, 0.3) is 0 Å². The summed E-state index contributed by atoms with van der Waals surface area (Å²) in [6, 6.07) is 6.23. The molecule has 0 spiro atoms. The number of ether oxygens (including phenoxy) is 1. The molecule has 4 nitrogen and oxygen atoms in total. The number of amides is 1. The second-order valence-corrected chi connectivity index (χ2v) is 5.65. The van der Waals surface area contributed by atoms with E-state index in [-0.39, 0.29) is 18.6 Å². The van der Waals surface area contributed by atoms with Gasteiger partial charge in [-0.05, 0) is 68.5 Å². The van der Waals surface area contributed by atoms with Crippen molar-refractivity contribution in [2.75, 3.05) is 25.0 Å². The molecule has 0 unspecified atom stereocenters. The second kappa shape index (κ2) is 6.37. The topological polar surface area (TPSA) is 50.4 Å². The molecule has 1 aliphatic heterocycles. The number of fused-ring (bicyclic) bond motifs is 1. The number of hydrogen-bond acceptors (Lipinski definition) is 3. The van der Waals surface area contributed by atoms with Crippen molar-refractivity contribution in [1.82, 2.24) is 5.32 Å². The number of benzene rings is 1. The molecule has 0 saturated carbocycles. The lowest BCUT2D eigenvalue weighted by molar-refractivity contribution is -0.123. The van der Waals surface area contributed by atoms with Gasteiger partial charge in [0.05, 0.1) is 6.10 Å². The van der Waals surface area contributed by atoms with E-state index in [0.717, 1.165) is 38.0 Å². The smallest absolute Gasteiger partial charge is 0.250 e. The van der Waals surface area contributed by atoms with Crippen LogP contribution in [0, 0.1) is 0 Å². The molecule has 0 aromatic heterocycles. The van der Waals surface area contributed by atoms with Gasteiger partial charge < -0.3 is 15.4 Å². The van der Waals surface area contributed by atoms with Gasteiger partial charge in [-0.2, -0.15) is 0 Å². The van der Waals surface area contributed by atoms with E-state index >= 15 is 0 Å². The Hall–Kier alpha value is -1.39. The van der Waals surface area contributed by atoms with Crippen LogP contribution in [0.5, 0.6) is 0 Å². The Kier molecular flexibility index (Phi) is 4.33. The predicted octanol–water partition coefficient (Wildman–Crippen LogP) is 1.88. The zero-order valence-electron chi connectivity index (χ0n) is 11.8. The van der Waals surface area contributed by atoms with Crippen molar-refractivity contribution in [2.45, 2.75) is 38.2 Å².